The van der Waals surface area contributed by atoms with Crippen LogP contribution in [0.5, 0.6) is 0 Å². The van der Waals surface area contributed by atoms with Crippen LogP contribution in [0.1, 0.15) is 86.8 Å². The van der Waals surface area contributed by atoms with Crippen molar-refractivity contribution in [2.24, 2.45) is 0 Å². The van der Waals surface area contributed by atoms with E-state index in [0.717, 1.165) is 6.42 Å². The van der Waals surface area contributed by atoms with Gasteiger partial charge >= 0.3 is 41.0 Å². The van der Waals surface area contributed by atoms with E-state index in [1.807, 2.05) is 0 Å². The van der Waals surface area contributed by atoms with Crippen LogP contribution in [0.3, 0.4) is 0 Å². The quantitative estimate of drug-likeness (QED) is 0.218. The van der Waals surface area contributed by atoms with Gasteiger partial charge in [-0.05, 0) is 18.8 Å². The van der Waals surface area contributed by atoms with Crippen molar-refractivity contribution in [1.82, 2.24) is 0 Å². The van der Waals surface area contributed by atoms with Crippen molar-refractivity contribution in [2.45, 2.75) is 73.6 Å². The van der Waals surface area contributed by atoms with Gasteiger partial charge in [0.15, 0.2) is 0 Å². The molecule has 0 N–H and O–H groups in total. The molecule has 0 bridgehead atoms. The van der Waals surface area contributed by atoms with Crippen LogP contribution in [0.2, 0.25) is 0 Å². The second kappa shape index (κ2) is 11.2. The standard InChI is InChI=1S/C15H19.C11H11.C3H6.Hf/c1-10(2)12-8-9-13(11(3)4)15-7-5-6-14(12)15;1-8-6-7-9(2)11-5-3-4-10(8)11;1-3-2;/h6,8-11H,7H2,1-4H3;3-7H,1-2H3;1-2H3;/q2*-1;;+2. The summed E-state index contributed by atoms with van der Waals surface area (Å²) in [6.45, 7) is 17.7. The van der Waals surface area contributed by atoms with Crippen LogP contribution in [-0.4, -0.2) is 3.26 Å². The van der Waals surface area contributed by atoms with Gasteiger partial charge in [-0.1, -0.05) is 63.9 Å². The molecule has 0 heterocycles. The Balaban J connectivity index is 0.000000187. The van der Waals surface area contributed by atoms with Crippen molar-refractivity contribution in [3.63, 3.8) is 0 Å². The zero-order valence-corrected chi connectivity index (χ0v) is 23.6. The fourth-order valence-electron chi connectivity index (χ4n) is 3.90. The Morgan fingerprint density at radius 1 is 0.900 bits per heavy atom. The molecule has 0 saturated carbocycles. The van der Waals surface area contributed by atoms with Gasteiger partial charge < -0.3 is 0 Å². The Bertz CT molecular complexity index is 988. The summed E-state index contributed by atoms with van der Waals surface area (Å²) >= 11 is 1.27. The molecule has 0 aliphatic heterocycles. The Hall–Kier alpha value is -1.47. The van der Waals surface area contributed by atoms with Crippen LogP contribution in [0.25, 0.3) is 16.8 Å². The SMILES string of the molecule is CC(C)c1ccc(C(C)C)c2c1C=[C-]C2.C[C](C)=[Hf+2].Cc1ccc(C)c2[cH-]ccc12. The van der Waals surface area contributed by atoms with Gasteiger partial charge in [0.1, 0.15) is 0 Å². The van der Waals surface area contributed by atoms with E-state index >= 15 is 0 Å². The van der Waals surface area contributed by atoms with E-state index in [1.54, 1.807) is 3.26 Å². The second-order valence-electron chi connectivity index (χ2n) is 9.02. The molecule has 0 saturated heterocycles. The molecule has 0 unspecified atom stereocenters. The molecule has 156 valence electrons. The molecule has 1 aliphatic carbocycles. The molecular weight excluding hydrogens is 527 g/mol. The third-order valence-electron chi connectivity index (χ3n) is 5.45. The maximum atomic E-state index is 3.35. The number of aryl methyl sites for hydroxylation is 2. The number of hydrogen-bond acceptors (Lipinski definition) is 0. The summed E-state index contributed by atoms with van der Waals surface area (Å²) < 4.78 is 1.56. The predicted molar refractivity (Wildman–Crippen MR) is 131 cm³/mol. The molecule has 30 heavy (non-hydrogen) atoms. The van der Waals surface area contributed by atoms with Gasteiger partial charge in [0.25, 0.3) is 0 Å². The summed E-state index contributed by atoms with van der Waals surface area (Å²) in [5.41, 5.74) is 8.66. The molecule has 0 aromatic heterocycles. The number of benzene rings is 2. The third kappa shape index (κ3) is 6.27. The summed E-state index contributed by atoms with van der Waals surface area (Å²) in [5.74, 6) is 1.23. The smallest absolute Gasteiger partial charge is 0.0488 e. The van der Waals surface area contributed by atoms with E-state index in [1.165, 1.54) is 68.0 Å². The summed E-state index contributed by atoms with van der Waals surface area (Å²) in [7, 11) is 0. The minimum absolute atomic E-state index is 0.608. The van der Waals surface area contributed by atoms with Crippen LogP contribution in [0, 0.1) is 19.9 Å². The second-order valence-corrected chi connectivity index (χ2v) is 12.6. The molecule has 0 amide bonds. The molecule has 1 aliphatic rings. The first-order valence-electron chi connectivity index (χ1n) is 11.0. The number of rotatable bonds is 2. The number of allylic oxidation sites excluding steroid dienone is 1. The van der Waals surface area contributed by atoms with E-state index < -0.39 is 0 Å². The zero-order valence-electron chi connectivity index (χ0n) is 20.0. The Morgan fingerprint density at radius 2 is 1.47 bits per heavy atom. The van der Waals surface area contributed by atoms with Gasteiger partial charge in [-0.2, -0.15) is 17.7 Å². The molecule has 3 aromatic rings. The summed E-state index contributed by atoms with van der Waals surface area (Å²) in [4.78, 5) is 0. The minimum atomic E-state index is 0.608. The molecule has 3 aromatic carbocycles. The molecule has 0 fully saturated rings. The molecule has 0 radical (unpaired) electrons. The average Bonchev–Trinajstić information content (AvgIpc) is 3.33. The monoisotopic (exact) mass is 564 g/mol. The van der Waals surface area contributed by atoms with Crippen LogP contribution < -0.4 is 0 Å². The van der Waals surface area contributed by atoms with Crippen LogP contribution in [-0.2, 0) is 30.3 Å². The Kier molecular flexibility index (Phi) is 9.29. The Labute approximate surface area is 198 Å². The van der Waals surface area contributed by atoms with E-state index in [-0.39, 0.29) is 0 Å². The maximum Gasteiger partial charge on any atom is -0.0488 e. The summed E-state index contributed by atoms with van der Waals surface area (Å²) in [6.07, 6.45) is 6.53. The largest absolute Gasteiger partial charge is 0.168 e. The molecule has 0 nitrogen and oxygen atoms in total. The normalized spacial score (nSPS) is 11.9. The molecule has 1 heteroatoms. The van der Waals surface area contributed by atoms with Crippen molar-refractivity contribution < 1.29 is 23.9 Å². The van der Waals surface area contributed by atoms with Crippen LogP contribution in [0.15, 0.2) is 42.5 Å². The van der Waals surface area contributed by atoms with Crippen molar-refractivity contribution in [3.05, 3.63) is 81.9 Å². The Morgan fingerprint density at radius 3 is 2.03 bits per heavy atom. The van der Waals surface area contributed by atoms with E-state index in [9.17, 15) is 0 Å². The fraction of sp³-hybridized carbons (Fsp3) is 0.379. The van der Waals surface area contributed by atoms with Gasteiger partial charge in [0.05, 0.1) is 0 Å². The van der Waals surface area contributed by atoms with Crippen molar-refractivity contribution in [2.75, 3.05) is 0 Å². The van der Waals surface area contributed by atoms with Crippen molar-refractivity contribution in [1.29, 1.82) is 0 Å². The minimum Gasteiger partial charge on any atom is -0.168 e. The first-order chi connectivity index (χ1) is 14.1. The number of fused-ring (bicyclic) bond motifs is 2. The molecule has 4 rings (SSSR count). The van der Waals surface area contributed by atoms with E-state index in [4.69, 9.17) is 0 Å². The van der Waals surface area contributed by atoms with Crippen molar-refractivity contribution >= 4 is 20.1 Å². The van der Waals surface area contributed by atoms with E-state index in [0.29, 0.717) is 11.8 Å². The maximum absolute atomic E-state index is 3.35. The first-order valence-corrected chi connectivity index (χ1v) is 12.8. The summed E-state index contributed by atoms with van der Waals surface area (Å²) in [5, 5.41) is 2.79. The average molecular weight is 563 g/mol. The first kappa shape index (κ1) is 24.8. The molecule has 0 spiro atoms. The predicted octanol–water partition coefficient (Wildman–Crippen LogP) is 8.23. The molecular formula is C29H36Hf. The van der Waals surface area contributed by atoms with E-state index in [2.05, 4.69) is 110 Å². The van der Waals surface area contributed by atoms with Gasteiger partial charge in [-0.25, -0.2) is 6.08 Å². The third-order valence-corrected chi connectivity index (χ3v) is 5.45. The van der Waals surface area contributed by atoms with Crippen molar-refractivity contribution in [3.8, 4) is 0 Å². The van der Waals surface area contributed by atoms with Gasteiger partial charge in [-0.15, -0.1) is 46.0 Å². The van der Waals surface area contributed by atoms with Gasteiger partial charge in [0.2, 0.25) is 0 Å². The summed E-state index contributed by atoms with van der Waals surface area (Å²) in [6, 6.07) is 15.4. The molecule has 0 atom stereocenters. The fourth-order valence-corrected chi connectivity index (χ4v) is 3.90. The van der Waals surface area contributed by atoms with Crippen LogP contribution in [0.4, 0.5) is 0 Å². The van der Waals surface area contributed by atoms with Gasteiger partial charge in [-0.3, -0.25) is 6.08 Å². The van der Waals surface area contributed by atoms with Gasteiger partial charge in [0, 0.05) is 0 Å². The van der Waals surface area contributed by atoms with Crippen LogP contribution >= 0.6 is 0 Å². The number of hydrogen-bond donors (Lipinski definition) is 0. The zero-order chi connectivity index (χ0) is 22.4. The topological polar surface area (TPSA) is 0 Å².